The van der Waals surface area contributed by atoms with Crippen molar-refractivity contribution in [2.75, 3.05) is 11.5 Å². The van der Waals surface area contributed by atoms with Gasteiger partial charge in [0.05, 0.1) is 0 Å². The summed E-state index contributed by atoms with van der Waals surface area (Å²) in [5.41, 5.74) is 13.0. The molecule has 7 aromatic carbocycles. The van der Waals surface area contributed by atoms with Gasteiger partial charge in [-0.3, -0.25) is 0 Å². The van der Waals surface area contributed by atoms with Gasteiger partial charge in [-0.1, -0.05) is 36.4 Å². The fraction of sp³-hybridized carbons (Fsp3) is 0. The third-order valence-electron chi connectivity index (χ3n) is 7.27. The average molecular weight is 661 g/mol. The number of para-hydroxylation sites is 4. The maximum absolute atomic E-state index is 6.11. The van der Waals surface area contributed by atoms with E-state index in [-0.39, 0.29) is 0 Å². The Kier molecular flexibility index (Phi) is 9.33. The lowest BCUT2D eigenvalue weighted by atomic mass is 10.2. The zero-order valence-corrected chi connectivity index (χ0v) is 26.8. The first-order valence-electron chi connectivity index (χ1n) is 15.8. The number of hydrogen-bond donors (Lipinski definition) is 2. The molecule has 0 aliphatic rings. The van der Waals surface area contributed by atoms with Crippen molar-refractivity contribution in [1.82, 2.24) is 0 Å². The lowest BCUT2D eigenvalue weighted by Crippen LogP contribution is -1.92. The van der Waals surface area contributed by atoms with Crippen LogP contribution in [-0.4, -0.2) is 0 Å². The molecule has 0 atom stereocenters. The molecule has 8 nitrogen and oxygen atoms in total. The summed E-state index contributed by atoms with van der Waals surface area (Å²) in [7, 11) is 0. The van der Waals surface area contributed by atoms with Crippen LogP contribution in [0.2, 0.25) is 0 Å². The Morgan fingerprint density at radius 3 is 0.780 bits per heavy atom. The highest BCUT2D eigenvalue weighted by Gasteiger charge is 2.10. The molecule has 0 radical (unpaired) electrons. The molecule has 0 aromatic heterocycles. The fourth-order valence-corrected chi connectivity index (χ4v) is 4.90. The van der Waals surface area contributed by atoms with Gasteiger partial charge in [0.2, 0.25) is 0 Å². The van der Waals surface area contributed by atoms with E-state index >= 15 is 0 Å². The SMILES string of the molecule is Nc1cccc(Oc2ccccc2Oc2ccc(Oc3ccc(Oc4ccc(Oc5ccccc5Oc5cccc(N)c5)cc4)cc3)cc2)c1. The van der Waals surface area contributed by atoms with Crippen LogP contribution in [-0.2, 0) is 0 Å². The highest BCUT2D eigenvalue weighted by molar-refractivity contribution is 5.51. The third-order valence-corrected chi connectivity index (χ3v) is 7.27. The summed E-state index contributed by atoms with van der Waals surface area (Å²) in [6.45, 7) is 0. The van der Waals surface area contributed by atoms with Gasteiger partial charge in [0.15, 0.2) is 23.0 Å². The van der Waals surface area contributed by atoms with Crippen molar-refractivity contribution >= 4 is 11.4 Å². The Bertz CT molecular complexity index is 2030. The van der Waals surface area contributed by atoms with Gasteiger partial charge in [0, 0.05) is 23.5 Å². The second kappa shape index (κ2) is 14.8. The molecule has 0 saturated carbocycles. The third kappa shape index (κ3) is 8.26. The summed E-state index contributed by atoms with van der Waals surface area (Å²) >= 11 is 0. The Balaban J connectivity index is 0.929. The second-order valence-electron chi connectivity index (χ2n) is 11.1. The van der Waals surface area contributed by atoms with Crippen LogP contribution in [0.4, 0.5) is 11.4 Å². The van der Waals surface area contributed by atoms with Gasteiger partial charge in [0.1, 0.15) is 46.0 Å². The standard InChI is InChI=1S/C42H32N2O6/c43-29-7-5-9-37(27-29)49-41-13-3-1-11-39(41)47-35-23-19-33(20-24-35)45-31-15-17-32(18-16-31)46-34-21-25-36(26-22-34)48-40-12-2-4-14-42(40)50-38-10-6-8-30(44)28-38/h1-28H,43-44H2. The lowest BCUT2D eigenvalue weighted by molar-refractivity contribution is 0.417. The number of benzene rings is 7. The summed E-state index contributed by atoms with van der Waals surface area (Å²) in [4.78, 5) is 0. The molecule has 0 saturated heterocycles. The van der Waals surface area contributed by atoms with E-state index in [9.17, 15) is 0 Å². The van der Waals surface area contributed by atoms with E-state index in [4.69, 9.17) is 39.9 Å². The van der Waals surface area contributed by atoms with E-state index in [0.29, 0.717) is 80.4 Å². The molecule has 7 rings (SSSR count). The first kappa shape index (κ1) is 31.5. The number of ether oxygens (including phenoxy) is 6. The molecule has 246 valence electrons. The largest absolute Gasteiger partial charge is 0.457 e. The van der Waals surface area contributed by atoms with Crippen LogP contribution in [0.25, 0.3) is 0 Å². The van der Waals surface area contributed by atoms with E-state index in [1.807, 2.05) is 146 Å². The van der Waals surface area contributed by atoms with Gasteiger partial charge in [-0.15, -0.1) is 0 Å². The fourth-order valence-electron chi connectivity index (χ4n) is 4.90. The molecule has 7 aromatic rings. The molecule has 0 bridgehead atoms. The van der Waals surface area contributed by atoms with Crippen LogP contribution in [0.1, 0.15) is 0 Å². The zero-order valence-electron chi connectivity index (χ0n) is 26.8. The van der Waals surface area contributed by atoms with Gasteiger partial charge < -0.3 is 39.9 Å². The first-order chi connectivity index (χ1) is 24.5. The summed E-state index contributed by atoms with van der Waals surface area (Å²) in [6.07, 6.45) is 0. The summed E-state index contributed by atoms with van der Waals surface area (Å²) in [5.74, 6) is 7.47. The van der Waals surface area contributed by atoms with E-state index in [1.54, 1.807) is 24.3 Å². The topological polar surface area (TPSA) is 107 Å². The van der Waals surface area contributed by atoms with Crippen molar-refractivity contribution in [3.05, 3.63) is 170 Å². The number of nitrogens with two attached hydrogens (primary N) is 2. The van der Waals surface area contributed by atoms with Gasteiger partial charge >= 0.3 is 0 Å². The van der Waals surface area contributed by atoms with Gasteiger partial charge in [0.25, 0.3) is 0 Å². The number of rotatable bonds is 12. The summed E-state index contributed by atoms with van der Waals surface area (Å²) in [5, 5.41) is 0. The number of anilines is 2. The minimum Gasteiger partial charge on any atom is -0.457 e. The lowest BCUT2D eigenvalue weighted by Gasteiger charge is -2.13. The van der Waals surface area contributed by atoms with Crippen LogP contribution < -0.4 is 39.9 Å². The number of nitrogen functional groups attached to an aromatic ring is 2. The zero-order chi connectivity index (χ0) is 34.1. The van der Waals surface area contributed by atoms with E-state index < -0.39 is 0 Å². The first-order valence-corrected chi connectivity index (χ1v) is 15.8. The van der Waals surface area contributed by atoms with Crippen LogP contribution >= 0.6 is 0 Å². The van der Waals surface area contributed by atoms with Crippen LogP contribution in [0.5, 0.6) is 69.0 Å². The number of hydrogen-bond acceptors (Lipinski definition) is 8. The van der Waals surface area contributed by atoms with E-state index in [1.165, 1.54) is 0 Å². The predicted molar refractivity (Wildman–Crippen MR) is 194 cm³/mol. The average Bonchev–Trinajstić information content (AvgIpc) is 3.12. The maximum Gasteiger partial charge on any atom is 0.169 e. The Morgan fingerprint density at radius 2 is 0.500 bits per heavy atom. The Labute approximate surface area is 289 Å². The minimum atomic E-state index is 0.575. The van der Waals surface area contributed by atoms with Crippen molar-refractivity contribution in [3.8, 4) is 69.0 Å². The van der Waals surface area contributed by atoms with Crippen molar-refractivity contribution < 1.29 is 28.4 Å². The molecular weight excluding hydrogens is 628 g/mol. The molecule has 0 heterocycles. The summed E-state index contributed by atoms with van der Waals surface area (Å²) in [6, 6.07) is 51.5. The molecular formula is C42H32N2O6. The van der Waals surface area contributed by atoms with Crippen LogP contribution in [0.3, 0.4) is 0 Å². The van der Waals surface area contributed by atoms with Crippen LogP contribution in [0.15, 0.2) is 170 Å². The van der Waals surface area contributed by atoms with E-state index in [0.717, 1.165) is 0 Å². The molecule has 0 unspecified atom stereocenters. The van der Waals surface area contributed by atoms with Crippen LogP contribution in [0, 0.1) is 0 Å². The van der Waals surface area contributed by atoms with Crippen molar-refractivity contribution in [2.24, 2.45) is 0 Å². The molecule has 4 N–H and O–H groups in total. The molecule has 50 heavy (non-hydrogen) atoms. The maximum atomic E-state index is 6.11. The molecule has 0 amide bonds. The summed E-state index contributed by atoms with van der Waals surface area (Å²) < 4.78 is 36.3. The van der Waals surface area contributed by atoms with Crippen molar-refractivity contribution in [3.63, 3.8) is 0 Å². The highest BCUT2D eigenvalue weighted by atomic mass is 16.5. The van der Waals surface area contributed by atoms with Gasteiger partial charge in [-0.25, -0.2) is 0 Å². The molecule has 0 aliphatic heterocycles. The highest BCUT2D eigenvalue weighted by Crippen LogP contribution is 2.37. The smallest absolute Gasteiger partial charge is 0.169 e. The molecule has 0 aliphatic carbocycles. The van der Waals surface area contributed by atoms with Crippen molar-refractivity contribution in [1.29, 1.82) is 0 Å². The minimum absolute atomic E-state index is 0.575. The molecule has 8 heteroatoms. The molecule has 0 spiro atoms. The molecule has 0 fully saturated rings. The van der Waals surface area contributed by atoms with Gasteiger partial charge in [-0.2, -0.15) is 0 Å². The Morgan fingerprint density at radius 1 is 0.240 bits per heavy atom. The second-order valence-corrected chi connectivity index (χ2v) is 11.1. The van der Waals surface area contributed by atoms with E-state index in [2.05, 4.69) is 0 Å². The van der Waals surface area contributed by atoms with Crippen molar-refractivity contribution in [2.45, 2.75) is 0 Å². The van der Waals surface area contributed by atoms with Gasteiger partial charge in [-0.05, 0) is 121 Å². The normalized spacial score (nSPS) is 10.6. The Hall–Kier alpha value is -7.06. The quantitative estimate of drug-likeness (QED) is 0.125. The monoisotopic (exact) mass is 660 g/mol. The predicted octanol–water partition coefficient (Wildman–Crippen LogP) is 11.6.